The summed E-state index contributed by atoms with van der Waals surface area (Å²) in [4.78, 5) is 0. The number of hydrogen-bond donors (Lipinski definition) is 1. The molecule has 1 rings (SSSR count). The summed E-state index contributed by atoms with van der Waals surface area (Å²) in [5.41, 5.74) is 9.57. The van der Waals surface area contributed by atoms with Crippen LogP contribution < -0.4 is 5.73 Å². The van der Waals surface area contributed by atoms with Gasteiger partial charge >= 0.3 is 0 Å². The quantitative estimate of drug-likeness (QED) is 0.690. The molecule has 0 aliphatic heterocycles. The molecular weight excluding hydrogens is 208 g/mol. The Bertz CT molecular complexity index is 465. The van der Waals surface area contributed by atoms with Gasteiger partial charge < -0.3 is 5.73 Å². The van der Waals surface area contributed by atoms with Gasteiger partial charge in [-0.05, 0) is 28.0 Å². The summed E-state index contributed by atoms with van der Waals surface area (Å²) in [5, 5.41) is 9.19. The van der Waals surface area contributed by atoms with Crippen molar-refractivity contribution >= 4 is 5.69 Å². The molecule has 92 valence electrons. The molecule has 0 amide bonds. The van der Waals surface area contributed by atoms with Crippen LogP contribution in [0.25, 0.3) is 0 Å². The molecule has 0 aromatic heterocycles. The van der Waals surface area contributed by atoms with Gasteiger partial charge in [-0.1, -0.05) is 47.6 Å². The Morgan fingerprint density at radius 2 is 1.41 bits per heavy atom. The Morgan fingerprint density at radius 1 is 0.941 bits per heavy atom. The smallest absolute Gasteiger partial charge is 0.0995 e. The largest absolute Gasteiger partial charge is 0.398 e. The van der Waals surface area contributed by atoms with Gasteiger partial charge in [-0.25, -0.2) is 0 Å². The first-order chi connectivity index (χ1) is 7.57. The molecule has 0 unspecified atom stereocenters. The molecule has 0 radical (unpaired) electrons. The van der Waals surface area contributed by atoms with Crippen LogP contribution >= 0.6 is 0 Å². The maximum Gasteiger partial charge on any atom is 0.0995 e. The van der Waals surface area contributed by atoms with E-state index >= 15 is 0 Å². The van der Waals surface area contributed by atoms with Crippen LogP contribution in [0.2, 0.25) is 0 Å². The van der Waals surface area contributed by atoms with Crippen molar-refractivity contribution in [3.8, 4) is 6.07 Å². The molecular formula is C15H22N2. The third kappa shape index (κ3) is 2.79. The molecule has 0 saturated carbocycles. The zero-order valence-electron chi connectivity index (χ0n) is 11.7. The third-order valence-electron chi connectivity index (χ3n) is 2.93. The van der Waals surface area contributed by atoms with E-state index in [1.54, 1.807) is 6.07 Å². The molecule has 17 heavy (non-hydrogen) atoms. The van der Waals surface area contributed by atoms with Crippen molar-refractivity contribution < 1.29 is 0 Å². The number of rotatable bonds is 0. The van der Waals surface area contributed by atoms with Gasteiger partial charge in [0.1, 0.15) is 0 Å². The number of benzene rings is 1. The van der Waals surface area contributed by atoms with E-state index in [4.69, 9.17) is 5.73 Å². The van der Waals surface area contributed by atoms with Crippen molar-refractivity contribution in [3.05, 3.63) is 28.8 Å². The number of hydrogen-bond acceptors (Lipinski definition) is 2. The average molecular weight is 230 g/mol. The molecule has 0 spiro atoms. The van der Waals surface area contributed by atoms with Crippen molar-refractivity contribution in [2.24, 2.45) is 0 Å². The van der Waals surface area contributed by atoms with E-state index in [1.807, 2.05) is 0 Å². The molecule has 0 bridgehead atoms. The number of nitrogens with two attached hydrogens (primary N) is 1. The molecule has 2 heteroatoms. The highest BCUT2D eigenvalue weighted by Gasteiger charge is 2.24. The van der Waals surface area contributed by atoms with Gasteiger partial charge in [-0.2, -0.15) is 5.26 Å². The highest BCUT2D eigenvalue weighted by atomic mass is 14.6. The maximum absolute atomic E-state index is 9.19. The van der Waals surface area contributed by atoms with E-state index in [1.165, 1.54) is 0 Å². The Kier molecular flexibility index (Phi) is 3.25. The first kappa shape index (κ1) is 13.6. The zero-order chi connectivity index (χ0) is 13.4. The lowest BCUT2D eigenvalue weighted by Gasteiger charge is -2.27. The van der Waals surface area contributed by atoms with Gasteiger partial charge in [-0.3, -0.25) is 0 Å². The summed E-state index contributed by atoms with van der Waals surface area (Å²) in [6, 6.07) is 6.14. The Balaban J connectivity index is 3.57. The first-order valence-corrected chi connectivity index (χ1v) is 5.92. The fourth-order valence-electron chi connectivity index (χ4n) is 1.98. The minimum Gasteiger partial charge on any atom is -0.398 e. The van der Waals surface area contributed by atoms with E-state index in [9.17, 15) is 5.26 Å². The van der Waals surface area contributed by atoms with Gasteiger partial charge in [-0.15, -0.1) is 0 Å². The fourth-order valence-corrected chi connectivity index (χ4v) is 1.98. The van der Waals surface area contributed by atoms with E-state index in [-0.39, 0.29) is 10.8 Å². The van der Waals surface area contributed by atoms with Crippen LogP contribution in [0, 0.1) is 11.3 Å². The second-order valence-corrected chi connectivity index (χ2v) is 6.60. The van der Waals surface area contributed by atoms with E-state index in [0.29, 0.717) is 11.3 Å². The molecule has 0 saturated heterocycles. The minimum absolute atomic E-state index is 0.00192. The lowest BCUT2D eigenvalue weighted by Crippen LogP contribution is -2.19. The molecule has 0 atom stereocenters. The third-order valence-corrected chi connectivity index (χ3v) is 2.93. The van der Waals surface area contributed by atoms with Gasteiger partial charge in [0.05, 0.1) is 11.6 Å². The maximum atomic E-state index is 9.19. The summed E-state index contributed by atoms with van der Waals surface area (Å²) in [7, 11) is 0. The highest BCUT2D eigenvalue weighted by molar-refractivity contribution is 5.59. The van der Waals surface area contributed by atoms with E-state index in [0.717, 1.165) is 11.1 Å². The van der Waals surface area contributed by atoms with Crippen LogP contribution in [-0.2, 0) is 10.8 Å². The summed E-state index contributed by atoms with van der Waals surface area (Å²) in [5.74, 6) is 0. The van der Waals surface area contributed by atoms with E-state index < -0.39 is 0 Å². The lowest BCUT2D eigenvalue weighted by molar-refractivity contribution is 0.569. The Labute approximate surface area is 104 Å². The van der Waals surface area contributed by atoms with E-state index in [2.05, 4.69) is 53.7 Å². The van der Waals surface area contributed by atoms with Crippen molar-refractivity contribution in [1.82, 2.24) is 0 Å². The van der Waals surface area contributed by atoms with Crippen LogP contribution in [0.4, 0.5) is 5.69 Å². The number of anilines is 1. The van der Waals surface area contributed by atoms with Crippen LogP contribution in [0.1, 0.15) is 58.2 Å². The first-order valence-electron chi connectivity index (χ1n) is 5.92. The number of nitrogens with zero attached hydrogens (tertiary/aromatic N) is 1. The van der Waals surface area contributed by atoms with Gasteiger partial charge in [0, 0.05) is 5.69 Å². The number of nitrogen functional groups attached to an aromatic ring is 1. The normalized spacial score (nSPS) is 12.3. The second kappa shape index (κ2) is 4.07. The van der Waals surface area contributed by atoms with Crippen molar-refractivity contribution in [3.63, 3.8) is 0 Å². The van der Waals surface area contributed by atoms with Crippen molar-refractivity contribution in [2.75, 3.05) is 5.73 Å². The standard InChI is InChI=1S/C15H22N2/c1-14(2,3)11-8-12(15(4,5)6)13(17)7-10(11)9-16/h7-8H,17H2,1-6H3. The summed E-state index contributed by atoms with van der Waals surface area (Å²) >= 11 is 0. The Hall–Kier alpha value is -1.49. The molecule has 1 aromatic rings. The molecule has 0 aliphatic rings. The van der Waals surface area contributed by atoms with Crippen LogP contribution in [0.5, 0.6) is 0 Å². The second-order valence-electron chi connectivity index (χ2n) is 6.60. The number of nitriles is 1. The predicted octanol–water partition coefficient (Wildman–Crippen LogP) is 3.74. The molecule has 0 aliphatic carbocycles. The van der Waals surface area contributed by atoms with Gasteiger partial charge in [0.15, 0.2) is 0 Å². The zero-order valence-corrected chi connectivity index (χ0v) is 11.7. The SMILES string of the molecule is CC(C)(C)c1cc(C(C)(C)C)c(C#N)cc1N. The fraction of sp³-hybridized carbons (Fsp3) is 0.533. The van der Waals surface area contributed by atoms with Gasteiger partial charge in [0.2, 0.25) is 0 Å². The summed E-state index contributed by atoms with van der Waals surface area (Å²) in [6.07, 6.45) is 0. The van der Waals surface area contributed by atoms with Gasteiger partial charge in [0.25, 0.3) is 0 Å². The monoisotopic (exact) mass is 230 g/mol. The molecule has 0 fully saturated rings. The summed E-state index contributed by atoms with van der Waals surface area (Å²) in [6.45, 7) is 12.8. The van der Waals surface area contributed by atoms with Crippen LogP contribution in [0.15, 0.2) is 12.1 Å². The van der Waals surface area contributed by atoms with Crippen LogP contribution in [0.3, 0.4) is 0 Å². The molecule has 2 N–H and O–H groups in total. The molecule has 2 nitrogen and oxygen atoms in total. The van der Waals surface area contributed by atoms with Crippen LogP contribution in [-0.4, -0.2) is 0 Å². The Morgan fingerprint density at radius 3 is 1.76 bits per heavy atom. The average Bonchev–Trinajstić information content (AvgIpc) is 2.13. The molecule has 0 heterocycles. The van der Waals surface area contributed by atoms with Crippen molar-refractivity contribution in [1.29, 1.82) is 5.26 Å². The minimum atomic E-state index is -0.0429. The summed E-state index contributed by atoms with van der Waals surface area (Å²) < 4.78 is 0. The van der Waals surface area contributed by atoms with Crippen molar-refractivity contribution in [2.45, 2.75) is 52.4 Å². The topological polar surface area (TPSA) is 49.8 Å². The predicted molar refractivity (Wildman–Crippen MR) is 73.0 cm³/mol. The lowest BCUT2D eigenvalue weighted by atomic mass is 9.78. The highest BCUT2D eigenvalue weighted by Crippen LogP contribution is 2.34. The molecule has 1 aromatic carbocycles.